The minimum Gasteiger partial charge on any atom is -0.378 e. The number of rotatable bonds is 3. The van der Waals surface area contributed by atoms with Crippen LogP contribution in [-0.2, 0) is 0 Å². The van der Waals surface area contributed by atoms with Crippen LogP contribution in [0.2, 0.25) is 0 Å². The van der Waals surface area contributed by atoms with Gasteiger partial charge in [0, 0.05) is 17.3 Å². The van der Waals surface area contributed by atoms with Crippen LogP contribution in [-0.4, -0.2) is 0 Å². The number of anilines is 1. The average molecular weight is 279 g/mol. The van der Waals surface area contributed by atoms with Crippen molar-refractivity contribution in [2.75, 3.05) is 5.32 Å². The lowest BCUT2D eigenvalue weighted by molar-refractivity contribution is 0.618. The average Bonchev–Trinajstić information content (AvgIpc) is 2.51. The molecule has 3 nitrogen and oxygen atoms in total. The molecule has 2 aromatic carbocycles. The van der Waals surface area contributed by atoms with Crippen molar-refractivity contribution in [3.8, 4) is 12.1 Å². The molecule has 0 heterocycles. The lowest BCUT2D eigenvalue weighted by atomic mass is 10.0. The maximum Gasteiger partial charge on any atom is 0.129 e. The van der Waals surface area contributed by atoms with Crippen LogP contribution in [0.25, 0.3) is 0 Å². The number of halogens is 1. The Kier molecular flexibility index (Phi) is 4.21. The standard InChI is InChI=1S/C17H14FN3/c1-11-16(18)7-14(10-20)8-17(11)21-12(2)15-5-3-13(9-19)4-6-15/h3-8,12,21H,1-2H3. The van der Waals surface area contributed by atoms with E-state index in [-0.39, 0.29) is 11.6 Å². The molecular weight excluding hydrogens is 265 g/mol. The number of nitrogens with one attached hydrogen (secondary N) is 1. The lowest BCUT2D eigenvalue weighted by Gasteiger charge is -2.18. The molecule has 21 heavy (non-hydrogen) atoms. The van der Waals surface area contributed by atoms with Crippen molar-refractivity contribution in [1.82, 2.24) is 0 Å². The van der Waals surface area contributed by atoms with E-state index >= 15 is 0 Å². The third-order valence-corrected chi connectivity index (χ3v) is 3.39. The molecule has 0 aliphatic heterocycles. The molecule has 2 rings (SSSR count). The first kappa shape index (κ1) is 14.6. The number of hydrogen-bond donors (Lipinski definition) is 1. The van der Waals surface area contributed by atoms with Crippen molar-refractivity contribution in [2.24, 2.45) is 0 Å². The number of nitriles is 2. The van der Waals surface area contributed by atoms with Gasteiger partial charge < -0.3 is 5.32 Å². The number of nitrogens with zero attached hydrogens (tertiary/aromatic N) is 2. The van der Waals surface area contributed by atoms with Crippen LogP contribution in [0.1, 0.15) is 35.2 Å². The molecule has 0 aliphatic rings. The van der Waals surface area contributed by atoms with Crippen molar-refractivity contribution in [1.29, 1.82) is 10.5 Å². The molecule has 0 saturated carbocycles. The predicted octanol–water partition coefficient (Wildman–Crippen LogP) is 4.05. The fourth-order valence-corrected chi connectivity index (χ4v) is 2.06. The molecule has 4 heteroatoms. The molecule has 0 saturated heterocycles. The summed E-state index contributed by atoms with van der Waals surface area (Å²) in [5.74, 6) is -0.399. The molecule has 0 radical (unpaired) electrons. The highest BCUT2D eigenvalue weighted by Gasteiger charge is 2.11. The summed E-state index contributed by atoms with van der Waals surface area (Å²) in [4.78, 5) is 0. The molecule has 0 bridgehead atoms. The fraction of sp³-hybridized carbons (Fsp3) is 0.176. The molecule has 1 unspecified atom stereocenters. The Morgan fingerprint density at radius 1 is 1.05 bits per heavy atom. The van der Waals surface area contributed by atoms with Crippen LogP contribution in [0.4, 0.5) is 10.1 Å². The van der Waals surface area contributed by atoms with Gasteiger partial charge in [-0.2, -0.15) is 10.5 Å². The van der Waals surface area contributed by atoms with Crippen LogP contribution in [0.3, 0.4) is 0 Å². The molecule has 0 aromatic heterocycles. The summed E-state index contributed by atoms with van der Waals surface area (Å²) >= 11 is 0. The minimum absolute atomic E-state index is 0.0650. The van der Waals surface area contributed by atoms with Crippen LogP contribution in [0.15, 0.2) is 36.4 Å². The number of hydrogen-bond acceptors (Lipinski definition) is 3. The van der Waals surface area contributed by atoms with Crippen molar-refractivity contribution in [3.05, 3.63) is 64.5 Å². The van der Waals surface area contributed by atoms with E-state index in [9.17, 15) is 4.39 Å². The normalized spacial score (nSPS) is 11.3. The maximum atomic E-state index is 13.8. The molecule has 0 aliphatic carbocycles. The zero-order valence-corrected chi connectivity index (χ0v) is 11.8. The Balaban J connectivity index is 2.27. The Labute approximate surface area is 123 Å². The van der Waals surface area contributed by atoms with Gasteiger partial charge in [0.1, 0.15) is 5.82 Å². The Bertz CT molecular complexity index is 736. The Hall–Kier alpha value is -2.85. The van der Waals surface area contributed by atoms with Gasteiger partial charge in [-0.1, -0.05) is 12.1 Å². The van der Waals surface area contributed by atoms with Gasteiger partial charge in [-0.15, -0.1) is 0 Å². The summed E-state index contributed by atoms with van der Waals surface area (Å²) in [6.07, 6.45) is 0. The molecule has 1 N–H and O–H groups in total. The summed E-state index contributed by atoms with van der Waals surface area (Å²) in [6, 6.07) is 14.0. The third kappa shape index (κ3) is 3.19. The van der Waals surface area contributed by atoms with Crippen molar-refractivity contribution >= 4 is 5.69 Å². The first-order valence-electron chi connectivity index (χ1n) is 6.52. The predicted molar refractivity (Wildman–Crippen MR) is 79.0 cm³/mol. The molecule has 1 atom stereocenters. The van der Waals surface area contributed by atoms with E-state index in [0.717, 1.165) is 5.56 Å². The van der Waals surface area contributed by atoms with Gasteiger partial charge in [-0.3, -0.25) is 0 Å². The fourth-order valence-electron chi connectivity index (χ4n) is 2.06. The van der Waals surface area contributed by atoms with E-state index in [0.29, 0.717) is 16.8 Å². The summed E-state index contributed by atoms with van der Waals surface area (Å²) < 4.78 is 13.8. The van der Waals surface area contributed by atoms with Crippen LogP contribution >= 0.6 is 0 Å². The van der Waals surface area contributed by atoms with E-state index in [1.165, 1.54) is 6.07 Å². The SMILES string of the molecule is Cc1c(F)cc(C#N)cc1NC(C)c1ccc(C#N)cc1. The summed E-state index contributed by atoms with van der Waals surface area (Å²) in [6.45, 7) is 3.61. The van der Waals surface area contributed by atoms with Crippen LogP contribution < -0.4 is 5.32 Å². The summed E-state index contributed by atoms with van der Waals surface area (Å²) in [5.41, 5.74) is 2.95. The zero-order chi connectivity index (χ0) is 15.4. The van der Waals surface area contributed by atoms with E-state index < -0.39 is 5.82 Å². The Morgan fingerprint density at radius 3 is 2.24 bits per heavy atom. The minimum atomic E-state index is -0.399. The second kappa shape index (κ2) is 6.07. The molecule has 2 aromatic rings. The van der Waals surface area contributed by atoms with Gasteiger partial charge in [0.05, 0.1) is 23.3 Å². The highest BCUT2D eigenvalue weighted by atomic mass is 19.1. The number of benzene rings is 2. The summed E-state index contributed by atoms with van der Waals surface area (Å²) in [7, 11) is 0. The largest absolute Gasteiger partial charge is 0.378 e. The second-order valence-electron chi connectivity index (χ2n) is 4.84. The molecule has 0 spiro atoms. The van der Waals surface area contributed by atoms with Crippen molar-refractivity contribution in [3.63, 3.8) is 0 Å². The van der Waals surface area contributed by atoms with E-state index in [2.05, 4.69) is 11.4 Å². The molecule has 104 valence electrons. The van der Waals surface area contributed by atoms with Crippen molar-refractivity contribution < 1.29 is 4.39 Å². The van der Waals surface area contributed by atoms with Crippen LogP contribution in [0.5, 0.6) is 0 Å². The first-order valence-corrected chi connectivity index (χ1v) is 6.52. The van der Waals surface area contributed by atoms with E-state index in [1.54, 1.807) is 25.1 Å². The van der Waals surface area contributed by atoms with Gasteiger partial charge >= 0.3 is 0 Å². The Morgan fingerprint density at radius 2 is 1.67 bits per heavy atom. The van der Waals surface area contributed by atoms with Gasteiger partial charge in [-0.05, 0) is 43.7 Å². The monoisotopic (exact) mass is 279 g/mol. The molecule has 0 amide bonds. The second-order valence-corrected chi connectivity index (χ2v) is 4.84. The first-order chi connectivity index (χ1) is 10.0. The van der Waals surface area contributed by atoms with E-state index in [4.69, 9.17) is 10.5 Å². The van der Waals surface area contributed by atoms with Crippen molar-refractivity contribution in [2.45, 2.75) is 19.9 Å². The van der Waals surface area contributed by atoms with Gasteiger partial charge in [0.2, 0.25) is 0 Å². The highest BCUT2D eigenvalue weighted by molar-refractivity contribution is 5.57. The van der Waals surface area contributed by atoms with Gasteiger partial charge in [0.15, 0.2) is 0 Å². The van der Waals surface area contributed by atoms with Crippen LogP contribution in [0, 0.1) is 35.4 Å². The van der Waals surface area contributed by atoms with Gasteiger partial charge in [-0.25, -0.2) is 4.39 Å². The third-order valence-electron chi connectivity index (χ3n) is 3.39. The van der Waals surface area contributed by atoms with Gasteiger partial charge in [0.25, 0.3) is 0 Å². The summed E-state index contributed by atoms with van der Waals surface area (Å²) in [5, 5.41) is 20.9. The van der Waals surface area contributed by atoms with E-state index in [1.807, 2.05) is 25.1 Å². The highest BCUT2D eigenvalue weighted by Crippen LogP contribution is 2.25. The lowest BCUT2D eigenvalue weighted by Crippen LogP contribution is -2.08. The quantitative estimate of drug-likeness (QED) is 0.922. The zero-order valence-electron chi connectivity index (χ0n) is 11.8. The topological polar surface area (TPSA) is 59.6 Å². The maximum absolute atomic E-state index is 13.8. The smallest absolute Gasteiger partial charge is 0.129 e. The molecular formula is C17H14FN3. The molecule has 0 fully saturated rings.